The summed E-state index contributed by atoms with van der Waals surface area (Å²) < 4.78 is 1.99. The van der Waals surface area contributed by atoms with Crippen LogP contribution in [0, 0.1) is 5.92 Å². The molecule has 0 saturated carbocycles. The summed E-state index contributed by atoms with van der Waals surface area (Å²) in [6.07, 6.45) is 8.01. The summed E-state index contributed by atoms with van der Waals surface area (Å²) in [5.74, 6) is 0.639. The van der Waals surface area contributed by atoms with Crippen LogP contribution in [-0.4, -0.2) is 47.3 Å². The molecule has 1 aromatic heterocycles. The Bertz CT molecular complexity index is 769. The van der Waals surface area contributed by atoms with Gasteiger partial charge in [-0.25, -0.2) is 0 Å². The molecule has 0 bridgehead atoms. The van der Waals surface area contributed by atoms with Gasteiger partial charge in [-0.2, -0.15) is 5.10 Å². The maximum Gasteiger partial charge on any atom is 0.271 e. The molecule has 1 N–H and O–H groups in total. The summed E-state index contributed by atoms with van der Waals surface area (Å²) in [5.41, 5.74) is 3.59. The minimum absolute atomic E-state index is 0.114. The van der Waals surface area contributed by atoms with Gasteiger partial charge in [-0.05, 0) is 61.8 Å². The van der Waals surface area contributed by atoms with Crippen molar-refractivity contribution < 1.29 is 4.79 Å². The molecule has 5 heteroatoms. The number of carbonyl (C=O) groups is 1. The number of nitrogens with zero attached hydrogens (tertiary/aromatic N) is 3. The Morgan fingerprint density at radius 1 is 1.23 bits per heavy atom. The van der Waals surface area contributed by atoms with E-state index in [1.807, 2.05) is 16.9 Å². The summed E-state index contributed by atoms with van der Waals surface area (Å²) >= 11 is 0. The maximum absolute atomic E-state index is 11.7. The fraction of sp³-hybridized carbons (Fsp3) is 0.524. The third kappa shape index (κ3) is 3.68. The molecule has 2 aromatic rings. The van der Waals surface area contributed by atoms with Gasteiger partial charge < -0.3 is 10.2 Å². The van der Waals surface area contributed by atoms with Crippen LogP contribution >= 0.6 is 0 Å². The fourth-order valence-electron chi connectivity index (χ4n) is 4.50. The topological polar surface area (TPSA) is 50.2 Å². The molecule has 5 nitrogen and oxygen atoms in total. The lowest BCUT2D eigenvalue weighted by molar-refractivity contribution is 0.0955. The zero-order chi connectivity index (χ0) is 17.9. The molecule has 26 heavy (non-hydrogen) atoms. The smallest absolute Gasteiger partial charge is 0.271 e. The highest BCUT2D eigenvalue weighted by molar-refractivity contribution is 5.91. The highest BCUT2D eigenvalue weighted by atomic mass is 16.1. The van der Waals surface area contributed by atoms with E-state index < -0.39 is 0 Å². The number of piperidine rings is 1. The Labute approximate surface area is 155 Å². The Morgan fingerprint density at radius 3 is 2.92 bits per heavy atom. The van der Waals surface area contributed by atoms with Crippen molar-refractivity contribution in [1.82, 2.24) is 20.0 Å². The Balaban J connectivity index is 1.37. The van der Waals surface area contributed by atoms with Gasteiger partial charge in [0.2, 0.25) is 0 Å². The van der Waals surface area contributed by atoms with Crippen molar-refractivity contribution in [2.24, 2.45) is 5.92 Å². The molecule has 0 unspecified atom stereocenters. The number of amides is 1. The van der Waals surface area contributed by atoms with Crippen LogP contribution in [0.2, 0.25) is 0 Å². The average Bonchev–Trinajstić information content (AvgIpc) is 3.18. The molecule has 1 amide bonds. The normalized spacial score (nSPS) is 23.4. The summed E-state index contributed by atoms with van der Waals surface area (Å²) in [5, 5.41) is 7.14. The molecule has 0 spiro atoms. The average molecular weight is 352 g/mol. The number of rotatable bonds is 4. The van der Waals surface area contributed by atoms with Crippen molar-refractivity contribution in [3.8, 4) is 0 Å². The van der Waals surface area contributed by atoms with E-state index in [4.69, 9.17) is 0 Å². The minimum atomic E-state index is -0.114. The molecule has 1 aliphatic heterocycles. The monoisotopic (exact) mass is 352 g/mol. The van der Waals surface area contributed by atoms with Crippen molar-refractivity contribution in [3.63, 3.8) is 0 Å². The van der Waals surface area contributed by atoms with E-state index in [2.05, 4.69) is 39.6 Å². The van der Waals surface area contributed by atoms with E-state index >= 15 is 0 Å². The lowest BCUT2D eigenvalue weighted by Crippen LogP contribution is -2.40. The summed E-state index contributed by atoms with van der Waals surface area (Å²) in [6.45, 7) is 3.39. The third-order valence-corrected chi connectivity index (χ3v) is 5.89. The molecule has 2 heterocycles. The second kappa shape index (κ2) is 7.62. The maximum atomic E-state index is 11.7. The number of likely N-dealkylation sites (tertiary alicyclic amines) is 1. The van der Waals surface area contributed by atoms with Gasteiger partial charge in [0.05, 0.1) is 6.04 Å². The van der Waals surface area contributed by atoms with Crippen LogP contribution in [0.25, 0.3) is 0 Å². The second-order valence-electron chi connectivity index (χ2n) is 7.69. The third-order valence-electron chi connectivity index (χ3n) is 5.89. The van der Waals surface area contributed by atoms with Crippen molar-refractivity contribution >= 4 is 5.91 Å². The van der Waals surface area contributed by atoms with E-state index in [0.717, 1.165) is 18.9 Å². The number of fused-ring (bicyclic) bond motifs is 1. The lowest BCUT2D eigenvalue weighted by atomic mass is 9.83. The number of benzene rings is 1. The second-order valence-corrected chi connectivity index (χ2v) is 7.69. The molecular formula is C21H28N4O. The number of hydrogen-bond acceptors (Lipinski definition) is 3. The van der Waals surface area contributed by atoms with Gasteiger partial charge in [0.15, 0.2) is 0 Å². The quantitative estimate of drug-likeness (QED) is 0.920. The number of aromatic nitrogens is 2. The molecule has 0 radical (unpaired) electrons. The molecule has 138 valence electrons. The number of nitrogens with one attached hydrogen (secondary N) is 1. The largest absolute Gasteiger partial charge is 0.354 e. The lowest BCUT2D eigenvalue weighted by Gasteiger charge is -2.36. The highest BCUT2D eigenvalue weighted by Crippen LogP contribution is 2.28. The van der Waals surface area contributed by atoms with Gasteiger partial charge in [-0.3, -0.25) is 9.48 Å². The van der Waals surface area contributed by atoms with Crippen LogP contribution < -0.4 is 5.32 Å². The molecule has 1 aromatic carbocycles. The van der Waals surface area contributed by atoms with E-state index in [0.29, 0.717) is 11.7 Å². The summed E-state index contributed by atoms with van der Waals surface area (Å²) in [7, 11) is 1.64. The molecule has 4 rings (SSSR count). The predicted molar refractivity (Wildman–Crippen MR) is 102 cm³/mol. The van der Waals surface area contributed by atoms with Crippen molar-refractivity contribution in [2.75, 3.05) is 26.7 Å². The van der Waals surface area contributed by atoms with Crippen molar-refractivity contribution in [1.29, 1.82) is 0 Å². The van der Waals surface area contributed by atoms with Gasteiger partial charge in [0.1, 0.15) is 5.69 Å². The van der Waals surface area contributed by atoms with E-state index in [1.54, 1.807) is 18.2 Å². The summed E-state index contributed by atoms with van der Waals surface area (Å²) in [4.78, 5) is 14.3. The van der Waals surface area contributed by atoms with Crippen LogP contribution in [0.5, 0.6) is 0 Å². The fourth-order valence-corrected chi connectivity index (χ4v) is 4.50. The molecule has 2 atom stereocenters. The van der Waals surface area contributed by atoms with Gasteiger partial charge in [0.25, 0.3) is 5.91 Å². The predicted octanol–water partition coefficient (Wildman–Crippen LogP) is 2.68. The van der Waals surface area contributed by atoms with E-state index in [-0.39, 0.29) is 5.91 Å². The Kier molecular flexibility index (Phi) is 5.07. The zero-order valence-corrected chi connectivity index (χ0v) is 15.5. The number of carbonyl (C=O) groups excluding carboxylic acids is 1. The van der Waals surface area contributed by atoms with Crippen LogP contribution in [0.1, 0.15) is 46.9 Å². The Morgan fingerprint density at radius 2 is 2.08 bits per heavy atom. The zero-order valence-electron chi connectivity index (χ0n) is 15.5. The van der Waals surface area contributed by atoms with E-state index in [1.165, 1.54) is 38.8 Å². The Hall–Kier alpha value is -2.14. The van der Waals surface area contributed by atoms with Crippen LogP contribution in [0.15, 0.2) is 36.5 Å². The first-order valence-electron chi connectivity index (χ1n) is 9.79. The SMILES string of the molecule is CNC(=O)c1ccn([C@@H]2CCCN(C[C@@H]3CCc4ccccc4C3)C2)n1. The minimum Gasteiger partial charge on any atom is -0.354 e. The van der Waals surface area contributed by atoms with Gasteiger partial charge in [0, 0.05) is 26.3 Å². The first-order valence-corrected chi connectivity index (χ1v) is 9.79. The van der Waals surface area contributed by atoms with Crippen LogP contribution in [-0.2, 0) is 12.8 Å². The van der Waals surface area contributed by atoms with Gasteiger partial charge in [-0.1, -0.05) is 24.3 Å². The molecule has 1 fully saturated rings. The van der Waals surface area contributed by atoms with Crippen LogP contribution in [0.3, 0.4) is 0 Å². The van der Waals surface area contributed by atoms with Crippen molar-refractivity contribution in [3.05, 3.63) is 53.3 Å². The molecule has 2 aliphatic rings. The van der Waals surface area contributed by atoms with E-state index in [9.17, 15) is 4.79 Å². The molecular weight excluding hydrogens is 324 g/mol. The first kappa shape index (κ1) is 17.3. The van der Waals surface area contributed by atoms with Gasteiger partial charge in [-0.15, -0.1) is 0 Å². The van der Waals surface area contributed by atoms with Crippen LogP contribution in [0.4, 0.5) is 0 Å². The number of aryl methyl sites for hydroxylation is 1. The highest BCUT2D eigenvalue weighted by Gasteiger charge is 2.26. The number of hydrogen-bond donors (Lipinski definition) is 1. The molecule has 1 saturated heterocycles. The van der Waals surface area contributed by atoms with Gasteiger partial charge >= 0.3 is 0 Å². The van der Waals surface area contributed by atoms with Crippen molar-refractivity contribution in [2.45, 2.75) is 38.1 Å². The summed E-state index contributed by atoms with van der Waals surface area (Å²) in [6, 6.07) is 11.1. The molecule has 1 aliphatic carbocycles. The first-order chi connectivity index (χ1) is 12.7. The standard InChI is InChI=1S/C21H28N4O/c1-22-21(26)20-10-12-25(23-20)19-7-4-11-24(15-19)14-16-8-9-17-5-2-3-6-18(17)13-16/h2-3,5-6,10,12,16,19H,4,7-9,11,13-15H2,1H3,(H,22,26)/t16-,19-/m1/s1.